The van der Waals surface area contributed by atoms with E-state index in [-0.39, 0.29) is 5.91 Å². The molecular weight excluding hydrogens is 264 g/mol. The van der Waals surface area contributed by atoms with E-state index in [0.717, 1.165) is 38.0 Å². The first-order valence-electron chi connectivity index (χ1n) is 6.82. The number of hydrogen-bond donors (Lipinski definition) is 1. The van der Waals surface area contributed by atoms with E-state index >= 15 is 0 Å². The zero-order valence-corrected chi connectivity index (χ0v) is 12.1. The Labute approximate surface area is 117 Å². The summed E-state index contributed by atoms with van der Waals surface area (Å²) in [6, 6.07) is 0.629. The van der Waals surface area contributed by atoms with Gasteiger partial charge in [-0.2, -0.15) is 5.10 Å². The quantitative estimate of drug-likeness (QED) is 0.846. The van der Waals surface area contributed by atoms with Gasteiger partial charge in [-0.3, -0.25) is 9.48 Å². The molecule has 3 rings (SSSR count). The number of nitrogens with zero attached hydrogens (tertiary/aromatic N) is 3. The predicted molar refractivity (Wildman–Crippen MR) is 73.4 cm³/mol. The van der Waals surface area contributed by atoms with Crippen molar-refractivity contribution in [3.05, 3.63) is 16.4 Å². The summed E-state index contributed by atoms with van der Waals surface area (Å²) in [5.41, 5.74) is 1.24. The summed E-state index contributed by atoms with van der Waals surface area (Å²) >= 11 is 6.24. The van der Waals surface area contributed by atoms with Crippen LogP contribution in [0, 0.1) is 6.92 Å². The molecule has 0 spiro atoms. The summed E-state index contributed by atoms with van der Waals surface area (Å²) in [5.74, 6) is -0.00935. The van der Waals surface area contributed by atoms with Crippen LogP contribution < -0.4 is 5.32 Å². The fourth-order valence-electron chi connectivity index (χ4n) is 3.16. The maximum Gasteiger partial charge on any atom is 0.276 e. The number of hydrogen-bond acceptors (Lipinski definition) is 3. The van der Waals surface area contributed by atoms with E-state index in [9.17, 15) is 4.79 Å². The fraction of sp³-hybridized carbons (Fsp3) is 0.692. The maximum atomic E-state index is 12.7. The topological polar surface area (TPSA) is 50.2 Å². The molecule has 0 unspecified atom stereocenters. The van der Waals surface area contributed by atoms with Crippen molar-refractivity contribution >= 4 is 17.5 Å². The van der Waals surface area contributed by atoms with Crippen molar-refractivity contribution in [3.63, 3.8) is 0 Å². The Bertz CT molecular complexity index is 499. The molecule has 3 heterocycles. The molecular formula is C13H19ClN4O. The minimum absolute atomic E-state index is 0.00935. The Morgan fingerprint density at radius 3 is 2.79 bits per heavy atom. The van der Waals surface area contributed by atoms with Crippen LogP contribution in [0.4, 0.5) is 0 Å². The number of rotatable bonds is 1. The molecule has 104 valence electrons. The lowest BCUT2D eigenvalue weighted by Crippen LogP contribution is -2.42. The number of aromatic nitrogens is 2. The van der Waals surface area contributed by atoms with Crippen LogP contribution in [0.3, 0.4) is 0 Å². The Morgan fingerprint density at radius 1 is 1.37 bits per heavy atom. The van der Waals surface area contributed by atoms with Crippen LogP contribution >= 0.6 is 11.6 Å². The normalized spacial score (nSPS) is 26.6. The van der Waals surface area contributed by atoms with Crippen LogP contribution in [0.2, 0.25) is 5.02 Å². The molecule has 2 aliphatic heterocycles. The molecule has 2 saturated heterocycles. The minimum Gasteiger partial charge on any atom is -0.330 e. The zero-order chi connectivity index (χ0) is 13.6. The summed E-state index contributed by atoms with van der Waals surface area (Å²) in [4.78, 5) is 14.7. The van der Waals surface area contributed by atoms with Gasteiger partial charge < -0.3 is 10.2 Å². The second-order valence-corrected chi connectivity index (χ2v) is 5.84. The van der Waals surface area contributed by atoms with E-state index in [4.69, 9.17) is 11.6 Å². The van der Waals surface area contributed by atoms with Gasteiger partial charge in [-0.1, -0.05) is 11.6 Å². The van der Waals surface area contributed by atoms with Crippen LogP contribution in [0.25, 0.3) is 0 Å². The lowest BCUT2D eigenvalue weighted by Gasteiger charge is -2.27. The van der Waals surface area contributed by atoms with E-state index in [1.165, 1.54) is 0 Å². The summed E-state index contributed by atoms with van der Waals surface area (Å²) in [6.07, 6.45) is 3.19. The van der Waals surface area contributed by atoms with Crippen molar-refractivity contribution in [2.24, 2.45) is 7.05 Å². The third kappa shape index (κ3) is 2.05. The molecule has 6 heteroatoms. The van der Waals surface area contributed by atoms with Gasteiger partial charge in [0.1, 0.15) is 0 Å². The number of aryl methyl sites for hydroxylation is 1. The predicted octanol–water partition coefficient (Wildman–Crippen LogP) is 1.35. The van der Waals surface area contributed by atoms with Crippen LogP contribution in [0.1, 0.15) is 35.4 Å². The molecule has 1 N–H and O–H groups in total. The van der Waals surface area contributed by atoms with Crippen LogP contribution in [-0.2, 0) is 7.05 Å². The van der Waals surface area contributed by atoms with Crippen molar-refractivity contribution < 1.29 is 4.79 Å². The monoisotopic (exact) mass is 282 g/mol. The molecule has 19 heavy (non-hydrogen) atoms. The summed E-state index contributed by atoms with van der Waals surface area (Å²) in [7, 11) is 1.82. The molecule has 2 fully saturated rings. The smallest absolute Gasteiger partial charge is 0.276 e. The van der Waals surface area contributed by atoms with Gasteiger partial charge in [0, 0.05) is 25.7 Å². The van der Waals surface area contributed by atoms with E-state index in [1.54, 1.807) is 4.68 Å². The average molecular weight is 283 g/mol. The summed E-state index contributed by atoms with van der Waals surface area (Å²) < 4.78 is 1.67. The van der Waals surface area contributed by atoms with E-state index in [2.05, 4.69) is 10.4 Å². The highest BCUT2D eigenvalue weighted by atomic mass is 35.5. The van der Waals surface area contributed by atoms with Crippen LogP contribution in [0.15, 0.2) is 0 Å². The molecule has 0 aromatic carbocycles. The van der Waals surface area contributed by atoms with Gasteiger partial charge in [-0.25, -0.2) is 0 Å². The van der Waals surface area contributed by atoms with Gasteiger partial charge in [0.15, 0.2) is 5.69 Å². The number of fused-ring (bicyclic) bond motifs is 2. The Morgan fingerprint density at radius 2 is 2.11 bits per heavy atom. The standard InChI is InChI=1S/C13H19ClN4O/c1-8-11(14)12(16-17(8)2)13(19)18-9-3-4-10(18)7-15-6-5-9/h9-10,15H,3-7H2,1-2H3/t9-,10+/m0/s1. The second kappa shape index (κ2) is 4.80. The number of carbonyl (C=O) groups excluding carboxylic acids is 1. The van der Waals surface area contributed by atoms with E-state index < -0.39 is 0 Å². The molecule has 2 bridgehead atoms. The Balaban J connectivity index is 1.93. The third-order valence-corrected chi connectivity index (χ3v) is 4.80. The molecule has 2 atom stereocenters. The lowest BCUT2D eigenvalue weighted by atomic mass is 10.1. The molecule has 0 aliphatic carbocycles. The number of halogens is 1. The van der Waals surface area contributed by atoms with Crippen LogP contribution in [0.5, 0.6) is 0 Å². The highest BCUT2D eigenvalue weighted by molar-refractivity contribution is 6.34. The SMILES string of the molecule is Cc1c(Cl)c(C(=O)N2[C@@H]3CCNC[C@H]2CC3)nn1C. The second-order valence-electron chi connectivity index (χ2n) is 5.46. The Hall–Kier alpha value is -1.07. The maximum absolute atomic E-state index is 12.7. The highest BCUT2D eigenvalue weighted by Crippen LogP contribution is 2.31. The van der Waals surface area contributed by atoms with Crippen molar-refractivity contribution in [1.29, 1.82) is 0 Å². The zero-order valence-electron chi connectivity index (χ0n) is 11.3. The molecule has 1 amide bonds. The Kier molecular flexibility index (Phi) is 3.27. The number of amides is 1. The fourth-order valence-corrected chi connectivity index (χ4v) is 3.40. The molecule has 1 aromatic rings. The molecule has 5 nitrogen and oxygen atoms in total. The lowest BCUT2D eigenvalue weighted by molar-refractivity contribution is 0.0673. The van der Waals surface area contributed by atoms with Gasteiger partial charge in [-0.05, 0) is 32.7 Å². The van der Waals surface area contributed by atoms with Crippen molar-refractivity contribution in [3.8, 4) is 0 Å². The van der Waals surface area contributed by atoms with Crippen molar-refractivity contribution in [1.82, 2.24) is 20.0 Å². The molecule has 1 aromatic heterocycles. The van der Waals surface area contributed by atoms with Gasteiger partial charge in [0.05, 0.1) is 10.7 Å². The van der Waals surface area contributed by atoms with Gasteiger partial charge in [-0.15, -0.1) is 0 Å². The summed E-state index contributed by atoms with van der Waals surface area (Å²) in [6.45, 7) is 3.75. The largest absolute Gasteiger partial charge is 0.330 e. The first-order chi connectivity index (χ1) is 9.09. The van der Waals surface area contributed by atoms with Gasteiger partial charge in [0.25, 0.3) is 5.91 Å². The molecule has 0 saturated carbocycles. The highest BCUT2D eigenvalue weighted by Gasteiger charge is 2.40. The minimum atomic E-state index is -0.00935. The van der Waals surface area contributed by atoms with E-state index in [1.807, 2.05) is 18.9 Å². The van der Waals surface area contributed by atoms with Crippen LogP contribution in [-0.4, -0.2) is 45.8 Å². The molecule has 0 radical (unpaired) electrons. The third-order valence-electron chi connectivity index (χ3n) is 4.35. The average Bonchev–Trinajstić information content (AvgIpc) is 2.79. The van der Waals surface area contributed by atoms with E-state index in [0.29, 0.717) is 22.8 Å². The van der Waals surface area contributed by atoms with Crippen molar-refractivity contribution in [2.75, 3.05) is 13.1 Å². The number of carbonyl (C=O) groups is 1. The first-order valence-corrected chi connectivity index (χ1v) is 7.20. The summed E-state index contributed by atoms with van der Waals surface area (Å²) in [5, 5.41) is 8.17. The van der Waals surface area contributed by atoms with Crippen molar-refractivity contribution in [2.45, 2.75) is 38.3 Å². The number of nitrogens with one attached hydrogen (secondary N) is 1. The molecule has 2 aliphatic rings. The van der Waals surface area contributed by atoms with Gasteiger partial charge in [0.2, 0.25) is 0 Å². The van der Waals surface area contributed by atoms with Gasteiger partial charge >= 0.3 is 0 Å². The first kappa shape index (κ1) is 12.9.